The summed E-state index contributed by atoms with van der Waals surface area (Å²) in [5, 5.41) is 9.44. The molecule has 1 aromatic carbocycles. The molecule has 4 rings (SSSR count). The molecule has 0 unspecified atom stereocenters. The van der Waals surface area contributed by atoms with Gasteiger partial charge in [-0.25, -0.2) is 4.79 Å². The number of carboxylic acids is 1. The molecule has 0 bridgehead atoms. The molecule has 0 fully saturated rings. The van der Waals surface area contributed by atoms with Gasteiger partial charge in [-0.2, -0.15) is 0 Å². The van der Waals surface area contributed by atoms with E-state index < -0.39 is 11.4 Å². The maximum absolute atomic E-state index is 12.5. The first-order valence-corrected chi connectivity index (χ1v) is 10.4. The van der Waals surface area contributed by atoms with Gasteiger partial charge < -0.3 is 23.9 Å². The van der Waals surface area contributed by atoms with E-state index >= 15 is 0 Å². The third-order valence-corrected chi connectivity index (χ3v) is 5.90. The summed E-state index contributed by atoms with van der Waals surface area (Å²) in [5.41, 5.74) is 3.22. The smallest absolute Gasteiger partial charge is 0.341 e. The molecular weight excluding hydrogens is 386 g/mol. The van der Waals surface area contributed by atoms with Crippen molar-refractivity contribution >= 4 is 5.97 Å². The molecule has 160 valence electrons. The Kier molecular flexibility index (Phi) is 5.56. The number of ether oxygens (including phenoxy) is 3. The summed E-state index contributed by atoms with van der Waals surface area (Å²) in [4.78, 5) is 24.1. The summed E-state index contributed by atoms with van der Waals surface area (Å²) < 4.78 is 19.0. The van der Waals surface area contributed by atoms with Gasteiger partial charge in [0.2, 0.25) is 0 Å². The lowest BCUT2D eigenvalue weighted by atomic mass is 9.84. The molecule has 7 nitrogen and oxygen atoms in total. The first-order valence-electron chi connectivity index (χ1n) is 10.4. The summed E-state index contributed by atoms with van der Waals surface area (Å²) in [5.74, 6) is 0.530. The zero-order valence-corrected chi connectivity index (χ0v) is 17.6. The van der Waals surface area contributed by atoms with Gasteiger partial charge in [0.1, 0.15) is 5.56 Å². The second-order valence-corrected chi connectivity index (χ2v) is 8.17. The Morgan fingerprint density at radius 1 is 1.33 bits per heavy atom. The average Bonchev–Trinajstić information content (AvgIpc) is 3.19. The van der Waals surface area contributed by atoms with E-state index in [9.17, 15) is 14.7 Å². The van der Waals surface area contributed by atoms with Gasteiger partial charge in [0.25, 0.3) is 0 Å². The molecule has 1 aromatic heterocycles. The van der Waals surface area contributed by atoms with Gasteiger partial charge in [-0.3, -0.25) is 4.79 Å². The van der Waals surface area contributed by atoms with Crippen LogP contribution in [0.1, 0.15) is 47.8 Å². The highest BCUT2D eigenvalue weighted by atomic mass is 16.5. The Hall–Kier alpha value is -2.80. The van der Waals surface area contributed by atoms with Crippen LogP contribution >= 0.6 is 0 Å². The summed E-state index contributed by atoms with van der Waals surface area (Å²) >= 11 is 0. The van der Waals surface area contributed by atoms with E-state index in [1.807, 2.05) is 10.6 Å². The third kappa shape index (κ3) is 3.47. The number of benzene rings is 1. The summed E-state index contributed by atoms with van der Waals surface area (Å²) in [6, 6.07) is 3.54. The van der Waals surface area contributed by atoms with Gasteiger partial charge in [0.15, 0.2) is 16.9 Å². The maximum atomic E-state index is 12.5. The van der Waals surface area contributed by atoms with Crippen LogP contribution in [0.3, 0.4) is 0 Å². The van der Waals surface area contributed by atoms with Crippen LogP contribution < -0.4 is 14.9 Å². The second-order valence-electron chi connectivity index (χ2n) is 8.17. The molecule has 0 spiro atoms. The first-order chi connectivity index (χ1) is 14.4. The number of carbonyl (C=O) groups is 1. The molecular formula is C23H27NO6. The lowest BCUT2D eigenvalue weighted by molar-refractivity contribution is 0.0694. The quantitative estimate of drug-likeness (QED) is 0.701. The minimum atomic E-state index is -1.20. The van der Waals surface area contributed by atoms with Crippen LogP contribution in [0.4, 0.5) is 0 Å². The summed E-state index contributed by atoms with van der Waals surface area (Å²) in [6.07, 6.45) is 3.76. The Bertz CT molecular complexity index is 1040. The Morgan fingerprint density at radius 2 is 2.13 bits per heavy atom. The van der Waals surface area contributed by atoms with E-state index in [1.165, 1.54) is 12.3 Å². The fourth-order valence-corrected chi connectivity index (χ4v) is 4.44. The van der Waals surface area contributed by atoms with Gasteiger partial charge in [0, 0.05) is 56.0 Å². The molecule has 2 aliphatic heterocycles. The van der Waals surface area contributed by atoms with Crippen molar-refractivity contribution in [2.24, 2.45) is 5.92 Å². The topological polar surface area (TPSA) is 87.0 Å². The second kappa shape index (κ2) is 8.14. The number of hydrogen-bond donors (Lipinski definition) is 1. The molecule has 0 aliphatic carbocycles. The lowest BCUT2D eigenvalue weighted by Crippen LogP contribution is -2.28. The van der Waals surface area contributed by atoms with E-state index in [1.54, 1.807) is 7.11 Å². The zero-order valence-electron chi connectivity index (χ0n) is 17.6. The fourth-order valence-electron chi connectivity index (χ4n) is 4.44. The van der Waals surface area contributed by atoms with Gasteiger partial charge >= 0.3 is 5.97 Å². The predicted molar refractivity (Wildman–Crippen MR) is 112 cm³/mol. The number of aromatic nitrogens is 1. The zero-order chi connectivity index (χ0) is 21.4. The molecule has 0 saturated carbocycles. The van der Waals surface area contributed by atoms with Crippen molar-refractivity contribution < 1.29 is 24.1 Å². The number of hydrogen-bond acceptors (Lipinski definition) is 5. The monoisotopic (exact) mass is 413 g/mol. The maximum Gasteiger partial charge on any atom is 0.341 e. The fraction of sp³-hybridized carbons (Fsp3) is 0.478. The number of rotatable bonds is 7. The van der Waals surface area contributed by atoms with Crippen molar-refractivity contribution in [3.8, 4) is 22.8 Å². The molecule has 3 heterocycles. The van der Waals surface area contributed by atoms with Crippen LogP contribution in [0.25, 0.3) is 11.3 Å². The number of fused-ring (bicyclic) bond motifs is 5. The van der Waals surface area contributed by atoms with Gasteiger partial charge in [0.05, 0.1) is 18.9 Å². The van der Waals surface area contributed by atoms with Crippen LogP contribution in [-0.2, 0) is 17.6 Å². The van der Waals surface area contributed by atoms with Crippen molar-refractivity contribution in [1.29, 1.82) is 0 Å². The number of aromatic carboxylic acids is 1. The highest BCUT2D eigenvalue weighted by molar-refractivity contribution is 5.88. The highest BCUT2D eigenvalue weighted by Gasteiger charge is 2.33. The van der Waals surface area contributed by atoms with E-state index in [0.29, 0.717) is 19.8 Å². The molecule has 30 heavy (non-hydrogen) atoms. The van der Waals surface area contributed by atoms with Crippen molar-refractivity contribution in [2.45, 2.75) is 39.2 Å². The molecule has 2 aromatic rings. The average molecular weight is 413 g/mol. The number of methoxy groups -OCH3 is 1. The van der Waals surface area contributed by atoms with Crippen LogP contribution in [0.15, 0.2) is 23.1 Å². The lowest BCUT2D eigenvalue weighted by Gasteiger charge is -2.34. The standard InChI is InChI=1S/C23H27NO6/c1-13(2)17-9-14-10-20(29-7-4-6-28-3)22-15(5-8-30-22)21(14)18-11-19(25)16(23(26)27)12-24(17)18/h10-13,17H,4-9H2,1-3H3,(H,26,27)/t17-/m1/s1. The molecule has 1 atom stereocenters. The van der Waals surface area contributed by atoms with Crippen molar-refractivity contribution in [3.05, 3.63) is 45.2 Å². The minimum Gasteiger partial charge on any atom is -0.490 e. The van der Waals surface area contributed by atoms with Crippen LogP contribution in [0.2, 0.25) is 0 Å². The van der Waals surface area contributed by atoms with Crippen molar-refractivity contribution in [3.63, 3.8) is 0 Å². The number of nitrogens with zero attached hydrogens (tertiary/aromatic N) is 1. The van der Waals surface area contributed by atoms with E-state index in [2.05, 4.69) is 13.8 Å². The third-order valence-electron chi connectivity index (χ3n) is 5.90. The molecule has 0 saturated heterocycles. The number of carboxylic acid groups (broad SMARTS) is 1. The van der Waals surface area contributed by atoms with Gasteiger partial charge in [-0.05, 0) is 24.0 Å². The number of pyridine rings is 1. The molecule has 0 amide bonds. The van der Waals surface area contributed by atoms with E-state index in [-0.39, 0.29) is 17.5 Å². The van der Waals surface area contributed by atoms with Crippen LogP contribution in [0, 0.1) is 5.92 Å². The first kappa shape index (κ1) is 20.5. The summed E-state index contributed by atoms with van der Waals surface area (Å²) in [6.45, 7) is 5.94. The highest BCUT2D eigenvalue weighted by Crippen LogP contribution is 2.48. The Balaban J connectivity index is 1.86. The normalized spacial score (nSPS) is 16.6. The van der Waals surface area contributed by atoms with Crippen LogP contribution in [0.5, 0.6) is 11.5 Å². The largest absolute Gasteiger partial charge is 0.490 e. The van der Waals surface area contributed by atoms with Crippen molar-refractivity contribution in [1.82, 2.24) is 4.57 Å². The molecule has 7 heteroatoms. The van der Waals surface area contributed by atoms with E-state index in [0.717, 1.165) is 53.1 Å². The predicted octanol–water partition coefficient (Wildman–Crippen LogP) is 3.32. The van der Waals surface area contributed by atoms with E-state index in [4.69, 9.17) is 14.2 Å². The minimum absolute atomic E-state index is 0.0490. The molecule has 2 aliphatic rings. The van der Waals surface area contributed by atoms with Gasteiger partial charge in [-0.1, -0.05) is 13.8 Å². The van der Waals surface area contributed by atoms with Gasteiger partial charge in [-0.15, -0.1) is 0 Å². The molecule has 0 radical (unpaired) electrons. The Labute approximate surface area is 175 Å². The Morgan fingerprint density at radius 3 is 2.83 bits per heavy atom. The summed E-state index contributed by atoms with van der Waals surface area (Å²) in [7, 11) is 1.67. The molecule has 1 N–H and O–H groups in total. The SMILES string of the molecule is COCCCOc1cc2c(c3c1OCC3)-c1cc(=O)c(C(=O)O)cn1[C@@H](C(C)C)C2. The van der Waals surface area contributed by atoms with Crippen molar-refractivity contribution in [2.75, 3.05) is 26.9 Å². The van der Waals surface area contributed by atoms with Crippen LogP contribution in [-0.4, -0.2) is 42.6 Å².